The molecule has 1 nitrogen and oxygen atoms in total. The fourth-order valence-electron chi connectivity index (χ4n) is 0.393. The maximum absolute atomic E-state index is 5.59. The second-order valence-electron chi connectivity index (χ2n) is 2.10. The van der Waals surface area contributed by atoms with Crippen LogP contribution in [0.3, 0.4) is 0 Å². The van der Waals surface area contributed by atoms with Crippen LogP contribution in [0.1, 0.15) is 13.8 Å². The second-order valence-corrected chi connectivity index (χ2v) is 3.59. The van der Waals surface area contributed by atoms with E-state index in [0.717, 1.165) is 0 Å². The highest BCUT2D eigenvalue weighted by atomic mass is 35.5. The number of hydrogen-bond acceptors (Lipinski definition) is 1. The first-order valence-electron chi connectivity index (χ1n) is 2.98. The van der Waals surface area contributed by atoms with Gasteiger partial charge in [0.05, 0.1) is 24.0 Å². The predicted octanol–water partition coefficient (Wildman–Crippen LogP) is 2.26. The van der Waals surface area contributed by atoms with E-state index in [2.05, 4.69) is 0 Å². The van der Waals surface area contributed by atoms with Crippen LogP contribution < -0.4 is 0 Å². The highest BCUT2D eigenvalue weighted by Gasteiger charge is 1.98. The first-order valence-corrected chi connectivity index (χ1v) is 3.86. The Labute approximate surface area is 66.3 Å². The Bertz CT molecular complexity index is 56.1. The zero-order valence-corrected chi connectivity index (χ0v) is 7.24. The Morgan fingerprint density at radius 2 is 1.44 bits per heavy atom. The van der Waals surface area contributed by atoms with Crippen molar-refractivity contribution >= 4 is 23.2 Å². The van der Waals surface area contributed by atoms with E-state index in [9.17, 15) is 0 Å². The van der Waals surface area contributed by atoms with Crippen LogP contribution in [-0.2, 0) is 4.74 Å². The molecule has 3 heteroatoms. The Morgan fingerprint density at radius 1 is 1.11 bits per heavy atom. The molecule has 0 saturated carbocycles. The van der Waals surface area contributed by atoms with Crippen molar-refractivity contribution in [3.63, 3.8) is 0 Å². The summed E-state index contributed by atoms with van der Waals surface area (Å²) in [7, 11) is 0. The number of ether oxygens (including phenoxy) is 1. The zero-order valence-electron chi connectivity index (χ0n) is 5.73. The highest BCUT2D eigenvalue weighted by molar-refractivity contribution is 6.20. The van der Waals surface area contributed by atoms with Crippen molar-refractivity contribution < 1.29 is 4.74 Å². The van der Waals surface area contributed by atoms with Crippen LogP contribution in [-0.4, -0.2) is 24.0 Å². The molecule has 0 radical (unpaired) electrons. The van der Waals surface area contributed by atoms with Crippen molar-refractivity contribution in [3.8, 4) is 0 Å². The maximum atomic E-state index is 5.59. The van der Waals surface area contributed by atoms with Crippen LogP contribution in [0.15, 0.2) is 0 Å². The van der Waals surface area contributed by atoms with Gasteiger partial charge in [-0.25, -0.2) is 0 Å². The molecule has 9 heavy (non-hydrogen) atoms. The summed E-state index contributed by atoms with van der Waals surface area (Å²) >= 11 is 11.2. The highest BCUT2D eigenvalue weighted by Crippen LogP contribution is 1.97. The van der Waals surface area contributed by atoms with Crippen molar-refractivity contribution in [1.82, 2.24) is 0 Å². The van der Waals surface area contributed by atoms with Gasteiger partial charge >= 0.3 is 0 Å². The molecular weight excluding hydrogens is 159 g/mol. The van der Waals surface area contributed by atoms with Gasteiger partial charge in [-0.05, 0) is 13.8 Å². The van der Waals surface area contributed by atoms with Gasteiger partial charge in [-0.15, -0.1) is 23.2 Å². The normalized spacial score (nSPS) is 17.3. The smallest absolute Gasteiger partial charge is 0.0628 e. The number of hydrogen-bond donors (Lipinski definition) is 0. The summed E-state index contributed by atoms with van der Waals surface area (Å²) in [6.45, 7) is 4.94. The molecule has 0 aromatic rings. The SMILES string of the molecule is C[C@@H](Cl)COC[C@@H](C)Cl. The van der Waals surface area contributed by atoms with E-state index in [1.807, 2.05) is 13.8 Å². The van der Waals surface area contributed by atoms with Crippen LogP contribution in [0.2, 0.25) is 0 Å². The van der Waals surface area contributed by atoms with Crippen LogP contribution in [0.5, 0.6) is 0 Å². The lowest BCUT2D eigenvalue weighted by Gasteiger charge is -2.05. The minimum absolute atomic E-state index is 0.0837. The van der Waals surface area contributed by atoms with Crippen LogP contribution in [0.25, 0.3) is 0 Å². The van der Waals surface area contributed by atoms with Crippen molar-refractivity contribution in [2.45, 2.75) is 24.6 Å². The van der Waals surface area contributed by atoms with E-state index in [4.69, 9.17) is 27.9 Å². The zero-order chi connectivity index (χ0) is 7.28. The summed E-state index contributed by atoms with van der Waals surface area (Å²) in [4.78, 5) is 0. The van der Waals surface area contributed by atoms with E-state index < -0.39 is 0 Å². The largest absolute Gasteiger partial charge is 0.378 e. The van der Waals surface area contributed by atoms with Crippen LogP contribution in [0.4, 0.5) is 0 Å². The minimum atomic E-state index is 0.0837. The molecule has 2 atom stereocenters. The van der Waals surface area contributed by atoms with Gasteiger partial charge in [0, 0.05) is 0 Å². The van der Waals surface area contributed by atoms with Gasteiger partial charge in [0.25, 0.3) is 0 Å². The molecule has 0 spiro atoms. The summed E-state index contributed by atoms with van der Waals surface area (Å²) < 4.78 is 5.09. The van der Waals surface area contributed by atoms with E-state index in [0.29, 0.717) is 13.2 Å². The molecule has 0 fully saturated rings. The average Bonchev–Trinajstić information content (AvgIpc) is 1.63. The third-order valence-electron chi connectivity index (χ3n) is 0.695. The lowest BCUT2D eigenvalue weighted by Crippen LogP contribution is -2.10. The molecule has 0 amide bonds. The summed E-state index contributed by atoms with van der Waals surface area (Å²) in [5.41, 5.74) is 0. The monoisotopic (exact) mass is 170 g/mol. The summed E-state index contributed by atoms with van der Waals surface area (Å²) in [5.74, 6) is 0. The summed E-state index contributed by atoms with van der Waals surface area (Å²) in [5, 5.41) is 0.167. The van der Waals surface area contributed by atoms with Crippen molar-refractivity contribution in [3.05, 3.63) is 0 Å². The van der Waals surface area contributed by atoms with Crippen LogP contribution in [0, 0.1) is 0 Å². The first kappa shape index (κ1) is 9.54. The Balaban J connectivity index is 2.91. The van der Waals surface area contributed by atoms with E-state index in [1.54, 1.807) is 0 Å². The van der Waals surface area contributed by atoms with Gasteiger partial charge < -0.3 is 4.74 Å². The van der Waals surface area contributed by atoms with Crippen molar-refractivity contribution in [2.75, 3.05) is 13.2 Å². The van der Waals surface area contributed by atoms with Gasteiger partial charge in [-0.1, -0.05) is 0 Å². The second kappa shape index (κ2) is 5.33. The molecule has 0 rings (SSSR count). The lowest BCUT2D eigenvalue weighted by atomic mass is 10.5. The van der Waals surface area contributed by atoms with E-state index in [1.165, 1.54) is 0 Å². The van der Waals surface area contributed by atoms with E-state index in [-0.39, 0.29) is 10.8 Å². The van der Waals surface area contributed by atoms with Crippen molar-refractivity contribution in [2.24, 2.45) is 0 Å². The van der Waals surface area contributed by atoms with E-state index >= 15 is 0 Å². The van der Waals surface area contributed by atoms with Crippen molar-refractivity contribution in [1.29, 1.82) is 0 Å². The number of alkyl halides is 2. The van der Waals surface area contributed by atoms with Gasteiger partial charge in [-0.2, -0.15) is 0 Å². The molecular formula is C6H12Cl2O. The Kier molecular flexibility index (Phi) is 5.65. The average molecular weight is 171 g/mol. The van der Waals surface area contributed by atoms with Gasteiger partial charge in [-0.3, -0.25) is 0 Å². The predicted molar refractivity (Wildman–Crippen MR) is 41.4 cm³/mol. The standard InChI is InChI=1S/C6H12Cl2O/c1-5(7)3-9-4-6(2)8/h5-6H,3-4H2,1-2H3/t5-,6-/m1/s1. The summed E-state index contributed by atoms with van der Waals surface area (Å²) in [6.07, 6.45) is 0. The number of rotatable bonds is 4. The molecule has 0 aliphatic carbocycles. The van der Waals surface area contributed by atoms with Gasteiger partial charge in [0.2, 0.25) is 0 Å². The Hall–Kier alpha value is 0.540. The first-order chi connectivity index (χ1) is 4.13. The third-order valence-corrected chi connectivity index (χ3v) is 0.947. The quantitative estimate of drug-likeness (QED) is 0.589. The summed E-state index contributed by atoms with van der Waals surface area (Å²) in [6, 6.07) is 0. The third kappa shape index (κ3) is 8.54. The Morgan fingerprint density at radius 3 is 1.67 bits per heavy atom. The number of halogens is 2. The van der Waals surface area contributed by atoms with Gasteiger partial charge in [0.15, 0.2) is 0 Å². The molecule has 0 aromatic heterocycles. The fourth-order valence-corrected chi connectivity index (χ4v) is 0.571. The van der Waals surface area contributed by atoms with Gasteiger partial charge in [0.1, 0.15) is 0 Å². The molecule has 0 aliphatic rings. The minimum Gasteiger partial charge on any atom is -0.378 e. The molecule has 0 aromatic carbocycles. The molecule has 56 valence electrons. The molecule has 0 N–H and O–H groups in total. The fraction of sp³-hybridized carbons (Fsp3) is 1.00. The molecule has 0 heterocycles. The molecule has 0 unspecified atom stereocenters. The molecule has 0 bridgehead atoms. The van der Waals surface area contributed by atoms with Crippen LogP contribution >= 0.6 is 23.2 Å². The lowest BCUT2D eigenvalue weighted by molar-refractivity contribution is 0.139. The maximum Gasteiger partial charge on any atom is 0.0628 e. The topological polar surface area (TPSA) is 9.23 Å². The molecule has 0 saturated heterocycles. The molecule has 0 aliphatic heterocycles.